The zero-order valence-electron chi connectivity index (χ0n) is 16.1. The number of benzene rings is 2. The molecule has 4 nitrogen and oxygen atoms in total. The van der Waals surface area contributed by atoms with Crippen molar-refractivity contribution in [2.75, 3.05) is 7.05 Å². The molecule has 0 saturated heterocycles. The smallest absolute Gasteiger partial charge is 0.242 e. The summed E-state index contributed by atoms with van der Waals surface area (Å²) in [6, 6.07) is 15.1. The van der Waals surface area contributed by atoms with Crippen LogP contribution in [0.4, 0.5) is 0 Å². The molecule has 0 radical (unpaired) electrons. The zero-order chi connectivity index (χ0) is 19.1. The molecule has 0 spiro atoms. The molecule has 3 rings (SSSR count). The molecule has 0 fully saturated rings. The predicted molar refractivity (Wildman–Crippen MR) is 107 cm³/mol. The van der Waals surface area contributed by atoms with E-state index in [1.165, 1.54) is 0 Å². The summed E-state index contributed by atoms with van der Waals surface area (Å²) in [6.07, 6.45) is 0. The maximum Gasteiger partial charge on any atom is 0.242 e. The summed E-state index contributed by atoms with van der Waals surface area (Å²) in [5.74, 6) is 0.0337. The van der Waals surface area contributed by atoms with E-state index in [0.29, 0.717) is 10.8 Å². The molecule has 1 amide bonds. The SMILES string of the molecule is C[C@@H](N(C)C(=O)Cn1c2ccccc2c(=O)c2ccccc21)C(C)(C)C. The van der Waals surface area contributed by atoms with Crippen LogP contribution in [0.5, 0.6) is 0 Å². The van der Waals surface area contributed by atoms with Gasteiger partial charge in [-0.25, -0.2) is 0 Å². The number of carbonyl (C=O) groups excluding carboxylic acids is 1. The van der Waals surface area contributed by atoms with Crippen molar-refractivity contribution in [1.29, 1.82) is 0 Å². The number of aromatic nitrogens is 1. The summed E-state index contributed by atoms with van der Waals surface area (Å²) >= 11 is 0. The van der Waals surface area contributed by atoms with Gasteiger partial charge in [-0.15, -0.1) is 0 Å². The molecule has 3 aromatic rings. The van der Waals surface area contributed by atoms with Crippen LogP contribution >= 0.6 is 0 Å². The van der Waals surface area contributed by atoms with E-state index in [-0.39, 0.29) is 29.3 Å². The van der Waals surface area contributed by atoms with Crippen LogP contribution in [0.2, 0.25) is 0 Å². The van der Waals surface area contributed by atoms with Crippen LogP contribution in [0, 0.1) is 5.41 Å². The third kappa shape index (κ3) is 3.12. The highest BCUT2D eigenvalue weighted by Gasteiger charge is 2.27. The average Bonchev–Trinajstić information content (AvgIpc) is 2.63. The largest absolute Gasteiger partial charge is 0.341 e. The Hall–Kier alpha value is -2.62. The van der Waals surface area contributed by atoms with Gasteiger partial charge in [-0.05, 0) is 36.6 Å². The van der Waals surface area contributed by atoms with Crippen LogP contribution in [0.1, 0.15) is 27.7 Å². The van der Waals surface area contributed by atoms with Crippen molar-refractivity contribution in [2.24, 2.45) is 5.41 Å². The standard InChI is InChI=1S/C22H26N2O2/c1-15(22(2,3)4)23(5)20(25)14-24-18-12-8-6-10-16(18)21(26)17-11-7-9-13-19(17)24/h6-13,15H,14H2,1-5H3/t15-/m1/s1. The third-order valence-corrected chi connectivity index (χ3v) is 5.40. The van der Waals surface area contributed by atoms with Crippen LogP contribution in [-0.4, -0.2) is 28.5 Å². The maximum atomic E-state index is 13.0. The minimum Gasteiger partial charge on any atom is -0.341 e. The Morgan fingerprint density at radius 3 is 1.92 bits per heavy atom. The van der Waals surface area contributed by atoms with Gasteiger partial charge in [-0.3, -0.25) is 9.59 Å². The quantitative estimate of drug-likeness (QED) is 0.669. The number of likely N-dealkylation sites (N-methyl/N-ethyl adjacent to an activating group) is 1. The Balaban J connectivity index is 2.14. The summed E-state index contributed by atoms with van der Waals surface area (Å²) in [5, 5.41) is 1.29. The van der Waals surface area contributed by atoms with Gasteiger partial charge in [0.1, 0.15) is 6.54 Å². The van der Waals surface area contributed by atoms with Crippen LogP contribution in [0.3, 0.4) is 0 Å². The Morgan fingerprint density at radius 2 is 1.46 bits per heavy atom. The van der Waals surface area contributed by atoms with Crippen molar-refractivity contribution in [3.63, 3.8) is 0 Å². The van der Waals surface area contributed by atoms with Gasteiger partial charge in [-0.1, -0.05) is 45.0 Å². The zero-order valence-corrected chi connectivity index (χ0v) is 16.1. The van der Waals surface area contributed by atoms with Gasteiger partial charge in [0.15, 0.2) is 5.43 Å². The van der Waals surface area contributed by atoms with Gasteiger partial charge in [0.05, 0.1) is 11.0 Å². The lowest BCUT2D eigenvalue weighted by molar-refractivity contribution is -0.134. The molecule has 1 atom stereocenters. The summed E-state index contributed by atoms with van der Waals surface area (Å²) < 4.78 is 1.96. The lowest BCUT2D eigenvalue weighted by Gasteiger charge is -2.35. The van der Waals surface area contributed by atoms with E-state index < -0.39 is 0 Å². The first-order valence-corrected chi connectivity index (χ1v) is 8.97. The van der Waals surface area contributed by atoms with Gasteiger partial charge in [0, 0.05) is 23.9 Å². The molecule has 0 saturated carbocycles. The molecule has 4 heteroatoms. The number of hydrogen-bond donors (Lipinski definition) is 0. The fourth-order valence-corrected chi connectivity index (χ4v) is 3.29. The van der Waals surface area contributed by atoms with Gasteiger partial charge in [0.25, 0.3) is 0 Å². The number of nitrogens with zero attached hydrogens (tertiary/aromatic N) is 2. The summed E-state index contributed by atoms with van der Waals surface area (Å²) in [7, 11) is 1.85. The molecule has 0 aliphatic rings. The van der Waals surface area contributed by atoms with E-state index in [4.69, 9.17) is 0 Å². The van der Waals surface area contributed by atoms with E-state index in [2.05, 4.69) is 27.7 Å². The monoisotopic (exact) mass is 350 g/mol. The molecule has 2 aromatic carbocycles. The van der Waals surface area contributed by atoms with Crippen molar-refractivity contribution < 1.29 is 4.79 Å². The lowest BCUT2D eigenvalue weighted by Crippen LogP contribution is -2.44. The summed E-state index contributed by atoms with van der Waals surface area (Å²) in [5.41, 5.74) is 1.59. The molecule has 26 heavy (non-hydrogen) atoms. The average molecular weight is 350 g/mol. The normalized spacial score (nSPS) is 13.1. The van der Waals surface area contributed by atoms with Crippen molar-refractivity contribution >= 4 is 27.7 Å². The van der Waals surface area contributed by atoms with Crippen LogP contribution in [0.25, 0.3) is 21.8 Å². The van der Waals surface area contributed by atoms with Crippen LogP contribution in [-0.2, 0) is 11.3 Å². The Labute approximate surface area is 154 Å². The number of hydrogen-bond acceptors (Lipinski definition) is 2. The van der Waals surface area contributed by atoms with E-state index in [9.17, 15) is 9.59 Å². The molecule has 1 aromatic heterocycles. The highest BCUT2D eigenvalue weighted by atomic mass is 16.2. The first-order chi connectivity index (χ1) is 12.2. The number of amides is 1. The van der Waals surface area contributed by atoms with E-state index in [0.717, 1.165) is 11.0 Å². The Kier molecular flexibility index (Phi) is 4.61. The first kappa shape index (κ1) is 18.2. The van der Waals surface area contributed by atoms with Crippen LogP contribution < -0.4 is 5.43 Å². The number of para-hydroxylation sites is 2. The summed E-state index contributed by atoms with van der Waals surface area (Å²) in [6.45, 7) is 8.67. The van der Waals surface area contributed by atoms with E-state index >= 15 is 0 Å². The van der Waals surface area contributed by atoms with Crippen molar-refractivity contribution in [1.82, 2.24) is 9.47 Å². The van der Waals surface area contributed by atoms with Gasteiger partial charge in [-0.2, -0.15) is 0 Å². The van der Waals surface area contributed by atoms with Gasteiger partial charge < -0.3 is 9.47 Å². The topological polar surface area (TPSA) is 42.3 Å². The van der Waals surface area contributed by atoms with Gasteiger partial charge in [0.2, 0.25) is 5.91 Å². The van der Waals surface area contributed by atoms with Crippen molar-refractivity contribution in [3.05, 3.63) is 58.8 Å². The molecule has 0 bridgehead atoms. The molecule has 0 N–H and O–H groups in total. The second kappa shape index (κ2) is 6.60. The van der Waals surface area contributed by atoms with Crippen molar-refractivity contribution in [2.45, 2.75) is 40.3 Å². The Morgan fingerprint density at radius 1 is 1.00 bits per heavy atom. The minimum atomic E-state index is -0.00190. The molecule has 1 heterocycles. The highest BCUT2D eigenvalue weighted by molar-refractivity contribution is 5.94. The maximum absolute atomic E-state index is 13.0. The fraction of sp³-hybridized carbons (Fsp3) is 0.364. The van der Waals surface area contributed by atoms with E-state index in [1.807, 2.05) is 65.0 Å². The first-order valence-electron chi connectivity index (χ1n) is 8.97. The third-order valence-electron chi connectivity index (χ3n) is 5.40. The molecule has 0 aliphatic heterocycles. The predicted octanol–water partition coefficient (Wildman–Crippen LogP) is 4.05. The number of pyridine rings is 1. The second-order valence-corrected chi connectivity index (χ2v) is 8.00. The van der Waals surface area contributed by atoms with Gasteiger partial charge >= 0.3 is 0 Å². The number of carbonyl (C=O) groups is 1. The highest BCUT2D eigenvalue weighted by Crippen LogP contribution is 2.24. The summed E-state index contributed by atoms with van der Waals surface area (Å²) in [4.78, 5) is 27.6. The van der Waals surface area contributed by atoms with Crippen molar-refractivity contribution in [3.8, 4) is 0 Å². The van der Waals surface area contributed by atoms with Crippen LogP contribution in [0.15, 0.2) is 53.3 Å². The number of fused-ring (bicyclic) bond motifs is 2. The lowest BCUT2D eigenvalue weighted by atomic mass is 9.87. The molecular formula is C22H26N2O2. The second-order valence-electron chi connectivity index (χ2n) is 8.00. The molecule has 0 aliphatic carbocycles. The fourth-order valence-electron chi connectivity index (χ4n) is 3.29. The minimum absolute atomic E-state index is 0.00190. The van der Waals surface area contributed by atoms with E-state index in [1.54, 1.807) is 0 Å². The molecular weight excluding hydrogens is 324 g/mol. The molecule has 136 valence electrons. The number of rotatable bonds is 3. The molecule has 0 unspecified atom stereocenters. The Bertz CT molecular complexity index is 968.